The number of ether oxygens (including phenoxy) is 1. The lowest BCUT2D eigenvalue weighted by Crippen LogP contribution is -2.41. The second-order valence-electron chi connectivity index (χ2n) is 3.70. The fourth-order valence-electron chi connectivity index (χ4n) is 1.87. The lowest BCUT2D eigenvalue weighted by atomic mass is 9.83. The number of nitrogens with zero attached hydrogens (tertiary/aromatic N) is 3. The zero-order valence-corrected chi connectivity index (χ0v) is 8.80. The molecule has 2 N–H and O–H groups in total. The molecular formula is C9H16N4O2. The van der Waals surface area contributed by atoms with Crippen LogP contribution in [0, 0.1) is 5.92 Å². The van der Waals surface area contributed by atoms with Crippen molar-refractivity contribution < 1.29 is 9.53 Å². The Labute approximate surface area is 88.4 Å². The van der Waals surface area contributed by atoms with Crippen LogP contribution in [0.4, 0.5) is 0 Å². The summed E-state index contributed by atoms with van der Waals surface area (Å²) in [5.74, 6) is -0.322. The normalized spacial score (nSPS) is 30.4. The van der Waals surface area contributed by atoms with Gasteiger partial charge in [-0.05, 0) is 31.7 Å². The summed E-state index contributed by atoms with van der Waals surface area (Å²) in [7, 11) is 0. The van der Waals surface area contributed by atoms with Gasteiger partial charge in [0.1, 0.15) is 0 Å². The number of carbonyl (C=O) groups is 1. The predicted molar refractivity (Wildman–Crippen MR) is 54.9 cm³/mol. The Morgan fingerprint density at radius 2 is 2.40 bits per heavy atom. The second kappa shape index (κ2) is 5.58. The molecule has 84 valence electrons. The summed E-state index contributed by atoms with van der Waals surface area (Å²) in [4.78, 5) is 14.2. The van der Waals surface area contributed by atoms with Gasteiger partial charge < -0.3 is 10.5 Å². The van der Waals surface area contributed by atoms with Gasteiger partial charge in [-0.1, -0.05) is 5.11 Å². The maximum Gasteiger partial charge on any atom is 0.308 e. The van der Waals surface area contributed by atoms with E-state index in [9.17, 15) is 4.79 Å². The number of nitrogens with two attached hydrogens (primary N) is 1. The van der Waals surface area contributed by atoms with Crippen molar-refractivity contribution in [1.29, 1.82) is 0 Å². The third-order valence-corrected chi connectivity index (χ3v) is 2.68. The summed E-state index contributed by atoms with van der Waals surface area (Å²) >= 11 is 0. The average Bonchev–Trinajstić information content (AvgIpc) is 2.21. The van der Waals surface area contributed by atoms with Gasteiger partial charge in [0.15, 0.2) is 0 Å². The van der Waals surface area contributed by atoms with Crippen LogP contribution in [0.5, 0.6) is 0 Å². The van der Waals surface area contributed by atoms with E-state index in [2.05, 4.69) is 10.0 Å². The van der Waals surface area contributed by atoms with E-state index >= 15 is 0 Å². The summed E-state index contributed by atoms with van der Waals surface area (Å²) in [6, 6.07) is -0.412. The molecule has 0 unspecified atom stereocenters. The highest BCUT2D eigenvalue weighted by atomic mass is 16.5. The first-order chi connectivity index (χ1) is 7.19. The van der Waals surface area contributed by atoms with Crippen LogP contribution in [0.3, 0.4) is 0 Å². The zero-order chi connectivity index (χ0) is 11.3. The van der Waals surface area contributed by atoms with Crippen molar-refractivity contribution >= 4 is 5.97 Å². The highest BCUT2D eigenvalue weighted by Crippen LogP contribution is 2.26. The summed E-state index contributed by atoms with van der Waals surface area (Å²) in [6.45, 7) is 2.17. The summed E-state index contributed by atoms with van der Waals surface area (Å²) in [5.41, 5.74) is 14.1. The first kappa shape index (κ1) is 11.8. The number of azide groups is 1. The smallest absolute Gasteiger partial charge is 0.308 e. The summed E-state index contributed by atoms with van der Waals surface area (Å²) in [5, 5.41) is 3.61. The van der Waals surface area contributed by atoms with E-state index in [0.29, 0.717) is 25.9 Å². The molecule has 0 radical (unpaired) electrons. The molecule has 6 heteroatoms. The maximum absolute atomic E-state index is 11.4. The fourth-order valence-corrected chi connectivity index (χ4v) is 1.87. The van der Waals surface area contributed by atoms with Crippen LogP contribution in [0.15, 0.2) is 5.11 Å². The van der Waals surface area contributed by atoms with Gasteiger partial charge in [0.05, 0.1) is 18.6 Å². The molecule has 6 nitrogen and oxygen atoms in total. The van der Waals surface area contributed by atoms with Crippen LogP contribution in [-0.2, 0) is 9.53 Å². The molecule has 0 amide bonds. The number of hydrogen-bond donors (Lipinski definition) is 1. The van der Waals surface area contributed by atoms with Crippen molar-refractivity contribution in [2.24, 2.45) is 16.8 Å². The van der Waals surface area contributed by atoms with Crippen LogP contribution in [0.1, 0.15) is 26.2 Å². The van der Waals surface area contributed by atoms with Gasteiger partial charge in [-0.2, -0.15) is 0 Å². The lowest BCUT2D eigenvalue weighted by Gasteiger charge is -2.29. The molecule has 1 rings (SSSR count). The predicted octanol–water partition coefficient (Wildman–Crippen LogP) is 1.36. The SMILES string of the molecule is CCOC(=O)[C@H]1CC[C@H](N=[N+]=[N-])[C@H](N)C1. The van der Waals surface area contributed by atoms with E-state index in [1.54, 1.807) is 6.92 Å². The van der Waals surface area contributed by atoms with Crippen molar-refractivity contribution in [3.63, 3.8) is 0 Å². The van der Waals surface area contributed by atoms with E-state index in [1.807, 2.05) is 0 Å². The summed E-state index contributed by atoms with van der Waals surface area (Å²) in [6.07, 6.45) is 1.90. The Morgan fingerprint density at radius 3 is 2.93 bits per heavy atom. The van der Waals surface area contributed by atoms with E-state index in [0.717, 1.165) is 0 Å². The van der Waals surface area contributed by atoms with Gasteiger partial charge in [0.25, 0.3) is 0 Å². The number of hydrogen-bond acceptors (Lipinski definition) is 4. The Bertz CT molecular complexity index is 275. The topological polar surface area (TPSA) is 101 Å². The lowest BCUT2D eigenvalue weighted by molar-refractivity contribution is -0.149. The highest BCUT2D eigenvalue weighted by molar-refractivity contribution is 5.72. The minimum atomic E-state index is -0.232. The number of rotatable bonds is 3. The molecule has 3 atom stereocenters. The maximum atomic E-state index is 11.4. The molecule has 1 saturated carbocycles. The quantitative estimate of drug-likeness (QED) is 0.330. The van der Waals surface area contributed by atoms with Gasteiger partial charge >= 0.3 is 5.97 Å². The monoisotopic (exact) mass is 212 g/mol. The highest BCUT2D eigenvalue weighted by Gasteiger charge is 2.31. The molecule has 0 spiro atoms. The summed E-state index contributed by atoms with van der Waals surface area (Å²) < 4.78 is 4.93. The molecule has 1 fully saturated rings. The van der Waals surface area contributed by atoms with Gasteiger partial charge in [-0.15, -0.1) is 0 Å². The largest absolute Gasteiger partial charge is 0.466 e. The van der Waals surface area contributed by atoms with Crippen LogP contribution in [0.25, 0.3) is 10.4 Å². The van der Waals surface area contributed by atoms with Crippen molar-refractivity contribution in [3.05, 3.63) is 10.4 Å². The van der Waals surface area contributed by atoms with Crippen LogP contribution >= 0.6 is 0 Å². The van der Waals surface area contributed by atoms with E-state index in [1.165, 1.54) is 0 Å². The van der Waals surface area contributed by atoms with Crippen molar-refractivity contribution in [3.8, 4) is 0 Å². The van der Waals surface area contributed by atoms with Gasteiger partial charge in [-0.3, -0.25) is 4.79 Å². The van der Waals surface area contributed by atoms with Crippen molar-refractivity contribution in [1.82, 2.24) is 0 Å². The van der Waals surface area contributed by atoms with Crippen LogP contribution < -0.4 is 5.73 Å². The molecule has 0 saturated heterocycles. The molecule has 15 heavy (non-hydrogen) atoms. The van der Waals surface area contributed by atoms with Crippen LogP contribution in [0.2, 0.25) is 0 Å². The number of esters is 1. The standard InChI is InChI=1S/C9H16N4O2/c1-2-15-9(14)6-3-4-8(12-13-11)7(10)5-6/h6-8H,2-5,10H2,1H3/t6-,7+,8-/m0/s1. The van der Waals surface area contributed by atoms with E-state index < -0.39 is 0 Å². The minimum Gasteiger partial charge on any atom is -0.466 e. The average molecular weight is 212 g/mol. The minimum absolute atomic E-state index is 0.134. The molecule has 0 heterocycles. The van der Waals surface area contributed by atoms with E-state index in [4.69, 9.17) is 16.0 Å². The third-order valence-electron chi connectivity index (χ3n) is 2.68. The van der Waals surface area contributed by atoms with Crippen molar-refractivity contribution in [2.75, 3.05) is 6.61 Å². The van der Waals surface area contributed by atoms with Crippen LogP contribution in [-0.4, -0.2) is 24.7 Å². The molecule has 0 bridgehead atoms. The van der Waals surface area contributed by atoms with Gasteiger partial charge in [-0.25, -0.2) is 0 Å². The number of carbonyl (C=O) groups excluding carboxylic acids is 1. The fraction of sp³-hybridized carbons (Fsp3) is 0.889. The Morgan fingerprint density at radius 1 is 1.67 bits per heavy atom. The Balaban J connectivity index is 2.50. The zero-order valence-electron chi connectivity index (χ0n) is 8.80. The first-order valence-corrected chi connectivity index (χ1v) is 5.15. The van der Waals surface area contributed by atoms with Gasteiger partial charge in [0, 0.05) is 11.0 Å². The molecule has 0 aromatic heterocycles. The van der Waals surface area contributed by atoms with E-state index in [-0.39, 0.29) is 24.0 Å². The third kappa shape index (κ3) is 3.11. The first-order valence-electron chi connectivity index (χ1n) is 5.15. The second-order valence-corrected chi connectivity index (χ2v) is 3.70. The molecule has 0 aromatic carbocycles. The molecule has 1 aliphatic rings. The van der Waals surface area contributed by atoms with Crippen molar-refractivity contribution in [2.45, 2.75) is 38.3 Å². The molecule has 0 aliphatic heterocycles. The molecule has 1 aliphatic carbocycles. The molecular weight excluding hydrogens is 196 g/mol. The van der Waals surface area contributed by atoms with Gasteiger partial charge in [0.2, 0.25) is 0 Å². The Hall–Kier alpha value is -1.26. The Kier molecular flexibility index (Phi) is 4.39. The molecule has 0 aromatic rings.